The number of aromatic carboxylic acids is 1. The first-order valence-corrected chi connectivity index (χ1v) is 10.7. The zero-order valence-electron chi connectivity index (χ0n) is 16.9. The van der Waals surface area contributed by atoms with Crippen LogP contribution in [0.3, 0.4) is 0 Å². The fourth-order valence-corrected chi connectivity index (χ4v) is 3.83. The minimum atomic E-state index is -1.16. The minimum Gasteiger partial charge on any atom is -0.476 e. The third kappa shape index (κ3) is 5.40. The second-order valence-corrected chi connectivity index (χ2v) is 8.22. The van der Waals surface area contributed by atoms with Crippen molar-refractivity contribution in [2.45, 2.75) is 6.54 Å². The topological polar surface area (TPSA) is 87.9 Å². The summed E-state index contributed by atoms with van der Waals surface area (Å²) in [5.74, 6) is 0.137. The molecule has 0 aliphatic carbocycles. The molecule has 1 saturated heterocycles. The van der Waals surface area contributed by atoms with E-state index in [0.717, 1.165) is 10.2 Å². The van der Waals surface area contributed by atoms with E-state index < -0.39 is 5.97 Å². The third-order valence-electron chi connectivity index (χ3n) is 5.03. The Morgan fingerprint density at radius 2 is 1.66 bits per heavy atom. The summed E-state index contributed by atoms with van der Waals surface area (Å²) in [5.41, 5.74) is 0.842. The van der Waals surface area contributed by atoms with Crippen molar-refractivity contribution < 1.29 is 19.4 Å². The van der Waals surface area contributed by atoms with E-state index in [9.17, 15) is 9.59 Å². The Morgan fingerprint density at radius 3 is 2.31 bits per heavy atom. The number of benzene rings is 2. The molecule has 1 aliphatic heterocycles. The fourth-order valence-electron chi connectivity index (χ4n) is 3.45. The van der Waals surface area contributed by atoms with E-state index in [4.69, 9.17) is 33.0 Å². The SMILES string of the molecule is O=C(O)c1ccn(C(=O)N2CCN(Cc3cc(Cl)cc(Oc4ccc(Cl)cc4)c3)CC2)n1. The number of piperazine rings is 1. The van der Waals surface area contributed by atoms with Gasteiger partial charge in [-0.1, -0.05) is 23.2 Å². The number of amides is 1. The van der Waals surface area contributed by atoms with Gasteiger partial charge in [-0.3, -0.25) is 4.90 Å². The van der Waals surface area contributed by atoms with E-state index in [1.165, 1.54) is 12.3 Å². The van der Waals surface area contributed by atoms with Crippen LogP contribution in [0.5, 0.6) is 11.5 Å². The summed E-state index contributed by atoms with van der Waals surface area (Å²) in [5, 5.41) is 14.0. The Labute approximate surface area is 194 Å². The van der Waals surface area contributed by atoms with Crippen LogP contribution in [0, 0.1) is 0 Å². The molecule has 2 aromatic carbocycles. The van der Waals surface area contributed by atoms with Gasteiger partial charge < -0.3 is 14.7 Å². The highest BCUT2D eigenvalue weighted by molar-refractivity contribution is 6.31. The number of rotatable bonds is 5. The van der Waals surface area contributed by atoms with Gasteiger partial charge in [0.05, 0.1) is 0 Å². The molecule has 0 spiro atoms. The van der Waals surface area contributed by atoms with Gasteiger partial charge in [0.15, 0.2) is 5.69 Å². The molecule has 0 unspecified atom stereocenters. The quantitative estimate of drug-likeness (QED) is 0.586. The van der Waals surface area contributed by atoms with E-state index in [1.54, 1.807) is 35.2 Å². The molecule has 10 heteroatoms. The van der Waals surface area contributed by atoms with E-state index >= 15 is 0 Å². The van der Waals surface area contributed by atoms with Crippen molar-refractivity contribution in [2.24, 2.45) is 0 Å². The van der Waals surface area contributed by atoms with Crippen molar-refractivity contribution in [1.29, 1.82) is 0 Å². The molecule has 1 fully saturated rings. The van der Waals surface area contributed by atoms with Crippen LogP contribution in [0.15, 0.2) is 54.7 Å². The first-order valence-electron chi connectivity index (χ1n) is 9.91. The van der Waals surface area contributed by atoms with Crippen LogP contribution < -0.4 is 4.74 Å². The molecule has 3 aromatic rings. The largest absolute Gasteiger partial charge is 0.476 e. The highest BCUT2D eigenvalue weighted by Gasteiger charge is 2.23. The number of hydrogen-bond donors (Lipinski definition) is 1. The molecule has 4 rings (SSSR count). The van der Waals surface area contributed by atoms with Gasteiger partial charge in [-0.25, -0.2) is 9.59 Å². The van der Waals surface area contributed by atoms with Gasteiger partial charge in [0.25, 0.3) is 0 Å². The second-order valence-electron chi connectivity index (χ2n) is 7.35. The monoisotopic (exact) mass is 474 g/mol. The first-order chi connectivity index (χ1) is 15.4. The highest BCUT2D eigenvalue weighted by atomic mass is 35.5. The predicted octanol–water partition coefficient (Wildman–Crippen LogP) is 4.47. The maximum absolute atomic E-state index is 12.6. The summed E-state index contributed by atoms with van der Waals surface area (Å²) >= 11 is 12.2. The molecule has 0 bridgehead atoms. The lowest BCUT2D eigenvalue weighted by molar-refractivity contribution is 0.0689. The predicted molar refractivity (Wildman–Crippen MR) is 120 cm³/mol. The van der Waals surface area contributed by atoms with Gasteiger partial charge in [0.2, 0.25) is 0 Å². The van der Waals surface area contributed by atoms with Crippen LogP contribution >= 0.6 is 23.2 Å². The van der Waals surface area contributed by atoms with Crippen molar-refractivity contribution in [1.82, 2.24) is 19.6 Å². The summed E-state index contributed by atoms with van der Waals surface area (Å²) in [7, 11) is 0. The minimum absolute atomic E-state index is 0.158. The van der Waals surface area contributed by atoms with Gasteiger partial charge in [0, 0.05) is 49.0 Å². The Morgan fingerprint density at radius 1 is 0.938 bits per heavy atom. The van der Waals surface area contributed by atoms with Gasteiger partial charge in [-0.2, -0.15) is 9.78 Å². The molecule has 2 heterocycles. The number of carbonyl (C=O) groups excluding carboxylic acids is 1. The molecule has 1 aromatic heterocycles. The van der Waals surface area contributed by atoms with Crippen LogP contribution in [0.4, 0.5) is 4.79 Å². The lowest BCUT2D eigenvalue weighted by Gasteiger charge is -2.34. The van der Waals surface area contributed by atoms with Crippen molar-refractivity contribution in [3.63, 3.8) is 0 Å². The second kappa shape index (κ2) is 9.60. The molecule has 32 heavy (non-hydrogen) atoms. The Balaban J connectivity index is 1.35. The average Bonchev–Trinajstić information content (AvgIpc) is 3.26. The number of aromatic nitrogens is 2. The number of halogens is 2. The van der Waals surface area contributed by atoms with Crippen molar-refractivity contribution >= 4 is 35.2 Å². The zero-order valence-corrected chi connectivity index (χ0v) is 18.5. The van der Waals surface area contributed by atoms with Crippen LogP contribution in [0.25, 0.3) is 0 Å². The summed E-state index contributed by atoms with van der Waals surface area (Å²) in [6, 6.07) is 13.7. The molecule has 0 saturated carbocycles. The average molecular weight is 475 g/mol. The number of carboxylic acids is 1. The molecule has 166 valence electrons. The Kier molecular flexibility index (Phi) is 6.64. The maximum atomic E-state index is 12.6. The normalized spacial score (nSPS) is 14.4. The van der Waals surface area contributed by atoms with Crippen molar-refractivity contribution in [2.75, 3.05) is 26.2 Å². The summed E-state index contributed by atoms with van der Waals surface area (Å²) in [4.78, 5) is 27.4. The highest BCUT2D eigenvalue weighted by Crippen LogP contribution is 2.28. The molecule has 0 radical (unpaired) electrons. The van der Waals surface area contributed by atoms with Crippen LogP contribution in [-0.4, -0.2) is 62.9 Å². The summed E-state index contributed by atoms with van der Waals surface area (Å²) in [6.45, 7) is 3.01. The van der Waals surface area contributed by atoms with E-state index in [-0.39, 0.29) is 11.7 Å². The van der Waals surface area contributed by atoms with Crippen LogP contribution in [-0.2, 0) is 6.54 Å². The van der Waals surface area contributed by atoms with Crippen molar-refractivity contribution in [3.05, 3.63) is 76.0 Å². The number of hydrogen-bond acceptors (Lipinski definition) is 5. The van der Waals surface area contributed by atoms with Gasteiger partial charge in [-0.05, 0) is 54.1 Å². The lowest BCUT2D eigenvalue weighted by atomic mass is 10.2. The number of nitrogens with zero attached hydrogens (tertiary/aromatic N) is 4. The Bertz CT molecular complexity index is 1130. The number of carboxylic acid groups (broad SMARTS) is 1. The molecule has 1 amide bonds. The molecular formula is C22H20Cl2N4O4. The molecule has 1 aliphatic rings. The van der Waals surface area contributed by atoms with E-state index in [1.807, 2.05) is 12.1 Å². The van der Waals surface area contributed by atoms with Crippen LogP contribution in [0.1, 0.15) is 16.1 Å². The molecule has 0 atom stereocenters. The summed E-state index contributed by atoms with van der Waals surface area (Å²) in [6.07, 6.45) is 1.37. The lowest BCUT2D eigenvalue weighted by Crippen LogP contribution is -2.49. The molecular weight excluding hydrogens is 455 g/mol. The van der Waals surface area contributed by atoms with Crippen molar-refractivity contribution in [3.8, 4) is 11.5 Å². The smallest absolute Gasteiger partial charge is 0.356 e. The first kappa shape index (κ1) is 22.1. The van der Waals surface area contributed by atoms with Gasteiger partial charge in [0.1, 0.15) is 11.5 Å². The number of ether oxygens (including phenoxy) is 1. The maximum Gasteiger partial charge on any atom is 0.356 e. The number of carbonyl (C=O) groups is 2. The van der Waals surface area contributed by atoms with E-state index in [0.29, 0.717) is 54.3 Å². The van der Waals surface area contributed by atoms with E-state index in [2.05, 4.69) is 10.00 Å². The standard InChI is InChI=1S/C22H20Cl2N4O4/c23-16-1-3-18(4-2-16)32-19-12-15(11-17(24)13-19)14-26-7-9-27(10-8-26)22(31)28-6-5-20(25-28)21(29)30/h1-6,11-13H,7-10,14H2,(H,29,30). The fraction of sp³-hybridized carbons (Fsp3) is 0.227. The zero-order chi connectivity index (χ0) is 22.7. The van der Waals surface area contributed by atoms with Gasteiger partial charge >= 0.3 is 12.0 Å². The summed E-state index contributed by atoms with van der Waals surface area (Å²) < 4.78 is 6.96. The molecule has 8 nitrogen and oxygen atoms in total. The van der Waals surface area contributed by atoms with Gasteiger partial charge in [-0.15, -0.1) is 0 Å². The molecule has 1 N–H and O–H groups in total. The van der Waals surface area contributed by atoms with Crippen LogP contribution in [0.2, 0.25) is 10.0 Å². The Hall–Kier alpha value is -3.07. The third-order valence-corrected chi connectivity index (χ3v) is 5.50.